The molecule has 2 aliphatic carbocycles. The van der Waals surface area contributed by atoms with Crippen LogP contribution in [0, 0.1) is 16.7 Å². The van der Waals surface area contributed by atoms with E-state index in [1.54, 1.807) is 0 Å². The maximum absolute atomic E-state index is 12.2. The lowest BCUT2D eigenvalue weighted by Gasteiger charge is -2.49. The summed E-state index contributed by atoms with van der Waals surface area (Å²) in [5.74, 6) is 0.929. The Morgan fingerprint density at radius 1 is 1.22 bits per heavy atom. The fourth-order valence-electron chi connectivity index (χ4n) is 5.06. The average Bonchev–Trinajstić information content (AvgIpc) is 2.72. The van der Waals surface area contributed by atoms with Crippen LogP contribution in [0.4, 0.5) is 0 Å². The van der Waals surface area contributed by atoms with Crippen molar-refractivity contribution >= 4 is 11.7 Å². The number of amides is 1. The number of carbonyl (C=O) groups excluding carboxylic acids is 2. The standard InChI is InChI=1S/C15H23NO2/c1-14(2)10-4-6-15(3,9-10)13(14)16-7-5-11(17)8-12(16)18/h10,13H,4-9H2,1-3H3. The number of piperidine rings is 1. The summed E-state index contributed by atoms with van der Waals surface area (Å²) in [6.07, 6.45) is 4.49. The van der Waals surface area contributed by atoms with E-state index in [-0.39, 0.29) is 28.9 Å². The van der Waals surface area contributed by atoms with Gasteiger partial charge >= 0.3 is 0 Å². The molecule has 18 heavy (non-hydrogen) atoms. The van der Waals surface area contributed by atoms with Crippen LogP contribution in [0.25, 0.3) is 0 Å². The van der Waals surface area contributed by atoms with Crippen molar-refractivity contribution in [1.29, 1.82) is 0 Å². The molecular formula is C15H23NO2. The van der Waals surface area contributed by atoms with Gasteiger partial charge in [-0.2, -0.15) is 0 Å². The highest BCUT2D eigenvalue weighted by molar-refractivity contribution is 6.00. The second-order valence-electron chi connectivity index (χ2n) is 7.37. The Morgan fingerprint density at radius 3 is 2.50 bits per heavy atom. The third-order valence-corrected chi connectivity index (χ3v) is 5.81. The summed E-state index contributed by atoms with van der Waals surface area (Å²) in [5.41, 5.74) is 0.493. The van der Waals surface area contributed by atoms with Crippen LogP contribution in [0.5, 0.6) is 0 Å². The van der Waals surface area contributed by atoms with Crippen LogP contribution in [0.1, 0.15) is 52.9 Å². The molecule has 3 rings (SSSR count). The van der Waals surface area contributed by atoms with Gasteiger partial charge in [-0.05, 0) is 36.0 Å². The molecule has 3 unspecified atom stereocenters. The Kier molecular flexibility index (Phi) is 2.43. The lowest BCUT2D eigenvalue weighted by Crippen LogP contribution is -2.57. The Balaban J connectivity index is 1.91. The SMILES string of the molecule is CC12CCC(C1)C(C)(C)C2N1CCC(=O)CC1=O. The molecule has 0 radical (unpaired) electrons. The van der Waals surface area contributed by atoms with Crippen molar-refractivity contribution in [3.63, 3.8) is 0 Å². The van der Waals surface area contributed by atoms with Gasteiger partial charge in [0.25, 0.3) is 0 Å². The fraction of sp³-hybridized carbons (Fsp3) is 0.867. The van der Waals surface area contributed by atoms with E-state index < -0.39 is 0 Å². The van der Waals surface area contributed by atoms with Gasteiger partial charge in [-0.1, -0.05) is 20.8 Å². The molecule has 0 spiro atoms. The van der Waals surface area contributed by atoms with Gasteiger partial charge in [0.05, 0.1) is 6.42 Å². The van der Waals surface area contributed by atoms with Crippen LogP contribution in [-0.2, 0) is 9.59 Å². The third-order valence-electron chi connectivity index (χ3n) is 5.81. The fourth-order valence-corrected chi connectivity index (χ4v) is 5.06. The van der Waals surface area contributed by atoms with Gasteiger partial charge in [-0.25, -0.2) is 0 Å². The highest BCUT2D eigenvalue weighted by Gasteiger charge is 2.62. The molecule has 3 atom stereocenters. The topological polar surface area (TPSA) is 37.4 Å². The number of hydrogen-bond donors (Lipinski definition) is 0. The van der Waals surface area contributed by atoms with Crippen molar-refractivity contribution in [2.45, 2.75) is 58.9 Å². The maximum atomic E-state index is 12.2. The summed E-state index contributed by atoms with van der Waals surface area (Å²) in [7, 11) is 0. The summed E-state index contributed by atoms with van der Waals surface area (Å²) < 4.78 is 0. The minimum atomic E-state index is 0.0677. The van der Waals surface area contributed by atoms with E-state index in [0.29, 0.717) is 19.0 Å². The summed E-state index contributed by atoms with van der Waals surface area (Å²) in [5, 5.41) is 0. The average molecular weight is 249 g/mol. The molecule has 3 heteroatoms. The summed E-state index contributed by atoms with van der Waals surface area (Å²) >= 11 is 0. The number of rotatable bonds is 1. The molecule has 2 bridgehead atoms. The van der Waals surface area contributed by atoms with E-state index in [1.165, 1.54) is 19.3 Å². The Hall–Kier alpha value is -0.860. The molecule has 1 aliphatic heterocycles. The van der Waals surface area contributed by atoms with Crippen molar-refractivity contribution in [3.05, 3.63) is 0 Å². The zero-order valence-electron chi connectivity index (χ0n) is 11.7. The third kappa shape index (κ3) is 1.49. The number of hydrogen-bond acceptors (Lipinski definition) is 2. The molecule has 1 amide bonds. The van der Waals surface area contributed by atoms with E-state index >= 15 is 0 Å². The minimum absolute atomic E-state index is 0.0677. The van der Waals surface area contributed by atoms with Crippen LogP contribution >= 0.6 is 0 Å². The molecule has 0 aromatic carbocycles. The highest BCUT2D eigenvalue weighted by atomic mass is 16.2. The van der Waals surface area contributed by atoms with Crippen molar-refractivity contribution in [1.82, 2.24) is 4.90 Å². The second kappa shape index (κ2) is 3.58. The molecule has 3 aliphatic rings. The number of nitrogens with zero attached hydrogens (tertiary/aromatic N) is 1. The predicted molar refractivity (Wildman–Crippen MR) is 69.0 cm³/mol. The number of likely N-dealkylation sites (tertiary alicyclic amines) is 1. The van der Waals surface area contributed by atoms with E-state index in [1.807, 2.05) is 4.90 Å². The zero-order valence-corrected chi connectivity index (χ0v) is 11.7. The highest BCUT2D eigenvalue weighted by Crippen LogP contribution is 2.64. The van der Waals surface area contributed by atoms with Crippen LogP contribution in [0.2, 0.25) is 0 Å². The Bertz CT molecular complexity index is 410. The summed E-state index contributed by atoms with van der Waals surface area (Å²) in [4.78, 5) is 25.6. The molecular weight excluding hydrogens is 226 g/mol. The van der Waals surface area contributed by atoms with Crippen molar-refractivity contribution in [2.24, 2.45) is 16.7 Å². The first-order valence-corrected chi connectivity index (χ1v) is 7.16. The van der Waals surface area contributed by atoms with Gasteiger partial charge in [0.2, 0.25) is 5.91 Å². The molecule has 1 saturated heterocycles. The minimum Gasteiger partial charge on any atom is -0.338 e. The molecule has 3 fully saturated rings. The van der Waals surface area contributed by atoms with Gasteiger partial charge in [-0.15, -0.1) is 0 Å². The Morgan fingerprint density at radius 2 is 1.94 bits per heavy atom. The number of fused-ring (bicyclic) bond motifs is 2. The van der Waals surface area contributed by atoms with Crippen molar-refractivity contribution in [2.75, 3.05) is 6.54 Å². The predicted octanol–water partition coefficient (Wildman–Crippen LogP) is 2.39. The van der Waals surface area contributed by atoms with E-state index in [0.717, 1.165) is 5.92 Å². The van der Waals surface area contributed by atoms with Crippen LogP contribution in [-0.4, -0.2) is 29.2 Å². The second-order valence-corrected chi connectivity index (χ2v) is 7.37. The normalized spacial score (nSPS) is 42.7. The first-order valence-electron chi connectivity index (χ1n) is 7.16. The molecule has 100 valence electrons. The first-order chi connectivity index (χ1) is 8.34. The summed E-state index contributed by atoms with van der Waals surface area (Å²) in [6.45, 7) is 7.62. The van der Waals surface area contributed by atoms with Crippen LogP contribution in [0.15, 0.2) is 0 Å². The zero-order chi connectivity index (χ0) is 13.1. The monoisotopic (exact) mass is 249 g/mol. The largest absolute Gasteiger partial charge is 0.338 e. The lowest BCUT2D eigenvalue weighted by molar-refractivity contribution is -0.147. The summed E-state index contributed by atoms with van der Waals surface area (Å²) in [6, 6.07) is 0.337. The van der Waals surface area contributed by atoms with E-state index in [4.69, 9.17) is 0 Å². The Labute approximate surface area is 109 Å². The number of carbonyl (C=O) groups is 2. The van der Waals surface area contributed by atoms with Crippen LogP contribution < -0.4 is 0 Å². The van der Waals surface area contributed by atoms with Gasteiger partial charge in [0, 0.05) is 19.0 Å². The molecule has 0 aromatic rings. The molecule has 2 saturated carbocycles. The molecule has 1 heterocycles. The van der Waals surface area contributed by atoms with Gasteiger partial charge in [-0.3, -0.25) is 9.59 Å². The van der Waals surface area contributed by atoms with Gasteiger partial charge in [0.15, 0.2) is 0 Å². The number of Topliss-reactive ketones (excluding diaryl/α,β-unsaturated/α-hetero) is 1. The van der Waals surface area contributed by atoms with E-state index in [9.17, 15) is 9.59 Å². The quantitative estimate of drug-likeness (QED) is 0.669. The molecule has 0 aromatic heterocycles. The number of ketones is 1. The van der Waals surface area contributed by atoms with Gasteiger partial charge in [0.1, 0.15) is 5.78 Å². The first kappa shape index (κ1) is 12.2. The molecule has 0 N–H and O–H groups in total. The van der Waals surface area contributed by atoms with Crippen molar-refractivity contribution in [3.8, 4) is 0 Å². The van der Waals surface area contributed by atoms with Gasteiger partial charge < -0.3 is 4.90 Å². The van der Waals surface area contributed by atoms with Crippen molar-refractivity contribution < 1.29 is 9.59 Å². The molecule has 3 nitrogen and oxygen atoms in total. The maximum Gasteiger partial charge on any atom is 0.230 e. The lowest BCUT2D eigenvalue weighted by atomic mass is 9.67. The van der Waals surface area contributed by atoms with E-state index in [2.05, 4.69) is 20.8 Å². The smallest absolute Gasteiger partial charge is 0.230 e. The van der Waals surface area contributed by atoms with Crippen LogP contribution in [0.3, 0.4) is 0 Å².